The molecular weight excluding hydrogens is 257 g/mol. The average molecular weight is 269 g/mol. The molecule has 7 heteroatoms. The lowest BCUT2D eigenvalue weighted by Crippen LogP contribution is -2.50. The third-order valence-corrected chi connectivity index (χ3v) is 4.44. The van der Waals surface area contributed by atoms with E-state index in [1.54, 1.807) is 6.07 Å². The maximum Gasteiger partial charge on any atom is 0.242 e. The molecule has 0 amide bonds. The van der Waals surface area contributed by atoms with Crippen LogP contribution in [0.1, 0.15) is 18.4 Å². The van der Waals surface area contributed by atoms with Crippen LogP contribution in [0.15, 0.2) is 23.1 Å². The van der Waals surface area contributed by atoms with Gasteiger partial charge in [0.05, 0.1) is 0 Å². The molecule has 0 saturated heterocycles. The second kappa shape index (κ2) is 4.65. The average Bonchev–Trinajstić information content (AvgIpc) is 2.26. The number of rotatable bonds is 3. The highest BCUT2D eigenvalue weighted by Gasteiger charge is 2.31. The van der Waals surface area contributed by atoms with Gasteiger partial charge in [0.25, 0.3) is 0 Å². The minimum Gasteiger partial charge on any atom is -0.328 e. The van der Waals surface area contributed by atoms with Gasteiger partial charge in [-0.15, -0.1) is 0 Å². The fourth-order valence-corrected chi connectivity index (χ4v) is 3.31. The van der Waals surface area contributed by atoms with Crippen LogP contribution in [0.2, 0.25) is 0 Å². The molecule has 0 bridgehead atoms. The van der Waals surface area contributed by atoms with Crippen molar-refractivity contribution < 1.29 is 12.8 Å². The Kier molecular flexibility index (Phi) is 3.34. The largest absolute Gasteiger partial charge is 0.328 e. The van der Waals surface area contributed by atoms with Crippen LogP contribution in [0, 0.1) is 17.1 Å². The first kappa shape index (κ1) is 13.0. The van der Waals surface area contributed by atoms with Crippen molar-refractivity contribution in [2.75, 3.05) is 0 Å². The summed E-state index contributed by atoms with van der Waals surface area (Å²) in [5, 5.41) is 8.81. The van der Waals surface area contributed by atoms with E-state index >= 15 is 0 Å². The maximum absolute atomic E-state index is 13.3. The highest BCUT2D eigenvalue weighted by Crippen LogP contribution is 2.23. The van der Waals surface area contributed by atoms with E-state index < -0.39 is 21.4 Å². The summed E-state index contributed by atoms with van der Waals surface area (Å²) >= 11 is 0. The summed E-state index contributed by atoms with van der Waals surface area (Å²) in [6.45, 7) is 0. The van der Waals surface area contributed by atoms with E-state index in [0.29, 0.717) is 12.8 Å². The van der Waals surface area contributed by atoms with Crippen molar-refractivity contribution in [2.24, 2.45) is 5.73 Å². The lowest BCUT2D eigenvalue weighted by Gasteiger charge is -2.32. The predicted octanol–water partition coefficient (Wildman–Crippen LogP) is 0.465. The fraction of sp³-hybridized carbons (Fsp3) is 0.364. The van der Waals surface area contributed by atoms with Gasteiger partial charge in [0, 0.05) is 12.1 Å². The monoisotopic (exact) mass is 269 g/mol. The number of nitrogens with one attached hydrogen (secondary N) is 1. The summed E-state index contributed by atoms with van der Waals surface area (Å²) in [6.07, 6.45) is 1.10. The summed E-state index contributed by atoms with van der Waals surface area (Å²) in [6, 6.07) is 4.86. The zero-order chi connectivity index (χ0) is 13.3. The van der Waals surface area contributed by atoms with Gasteiger partial charge < -0.3 is 5.73 Å². The summed E-state index contributed by atoms with van der Waals surface area (Å²) in [7, 11) is -3.88. The first-order valence-corrected chi connectivity index (χ1v) is 6.89. The number of nitrogens with zero attached hydrogens (tertiary/aromatic N) is 1. The van der Waals surface area contributed by atoms with Gasteiger partial charge in [0.2, 0.25) is 10.0 Å². The molecule has 0 unspecified atom stereocenters. The van der Waals surface area contributed by atoms with E-state index in [0.717, 1.165) is 6.07 Å². The van der Waals surface area contributed by atoms with Crippen molar-refractivity contribution >= 4 is 10.0 Å². The number of hydrogen-bond acceptors (Lipinski definition) is 4. The van der Waals surface area contributed by atoms with Crippen LogP contribution in [0.5, 0.6) is 0 Å². The minimum absolute atomic E-state index is 0.000599. The Morgan fingerprint density at radius 1 is 1.44 bits per heavy atom. The number of sulfonamides is 1. The van der Waals surface area contributed by atoms with E-state index in [1.807, 2.05) is 0 Å². The van der Waals surface area contributed by atoms with Gasteiger partial charge in [-0.25, -0.2) is 17.5 Å². The van der Waals surface area contributed by atoms with Gasteiger partial charge in [-0.2, -0.15) is 5.26 Å². The molecule has 1 saturated carbocycles. The summed E-state index contributed by atoms with van der Waals surface area (Å²) in [4.78, 5) is -0.328. The second-order valence-corrected chi connectivity index (χ2v) is 5.96. The Hall–Kier alpha value is -1.49. The quantitative estimate of drug-likeness (QED) is 0.833. The Labute approximate surface area is 104 Å². The molecular formula is C11H12FN3O2S. The highest BCUT2D eigenvalue weighted by atomic mass is 32.2. The van der Waals surface area contributed by atoms with Crippen molar-refractivity contribution in [1.29, 1.82) is 5.26 Å². The van der Waals surface area contributed by atoms with Crippen LogP contribution in [0.3, 0.4) is 0 Å². The molecule has 3 N–H and O–H groups in total. The van der Waals surface area contributed by atoms with E-state index in [9.17, 15) is 12.8 Å². The molecule has 1 aliphatic carbocycles. The molecule has 18 heavy (non-hydrogen) atoms. The Balaban J connectivity index is 2.30. The van der Waals surface area contributed by atoms with E-state index in [-0.39, 0.29) is 17.0 Å². The molecule has 1 fully saturated rings. The molecule has 0 radical (unpaired) electrons. The third kappa shape index (κ3) is 2.36. The molecule has 1 aliphatic rings. The van der Waals surface area contributed by atoms with E-state index in [1.165, 1.54) is 12.1 Å². The molecule has 5 nitrogen and oxygen atoms in total. The SMILES string of the molecule is N#Cc1c(F)cccc1S(=O)(=O)NC1CC(N)C1. The molecule has 0 spiro atoms. The van der Waals surface area contributed by atoms with Gasteiger partial charge in [-0.05, 0) is 25.0 Å². The van der Waals surface area contributed by atoms with Crippen molar-refractivity contribution in [3.8, 4) is 6.07 Å². The number of benzene rings is 1. The summed E-state index contributed by atoms with van der Waals surface area (Å²) in [5.41, 5.74) is 5.10. The summed E-state index contributed by atoms with van der Waals surface area (Å²) < 4.78 is 39.8. The normalized spacial score (nSPS) is 23.2. The zero-order valence-electron chi connectivity index (χ0n) is 9.43. The molecule has 0 atom stereocenters. The van der Waals surface area contributed by atoms with Crippen molar-refractivity contribution in [2.45, 2.75) is 29.8 Å². The van der Waals surface area contributed by atoms with Gasteiger partial charge in [0.1, 0.15) is 22.3 Å². The summed E-state index contributed by atoms with van der Waals surface area (Å²) in [5.74, 6) is -0.842. The van der Waals surface area contributed by atoms with Crippen LogP contribution in [-0.2, 0) is 10.0 Å². The molecule has 2 rings (SSSR count). The predicted molar refractivity (Wildman–Crippen MR) is 62.4 cm³/mol. The molecule has 0 heterocycles. The first-order valence-electron chi connectivity index (χ1n) is 5.40. The van der Waals surface area contributed by atoms with Gasteiger partial charge in [0.15, 0.2) is 0 Å². The van der Waals surface area contributed by atoms with Crippen molar-refractivity contribution in [3.63, 3.8) is 0 Å². The van der Waals surface area contributed by atoms with Crippen molar-refractivity contribution in [1.82, 2.24) is 4.72 Å². The van der Waals surface area contributed by atoms with Crippen LogP contribution >= 0.6 is 0 Å². The number of nitrogens with two attached hydrogens (primary N) is 1. The van der Waals surface area contributed by atoms with Gasteiger partial charge >= 0.3 is 0 Å². The second-order valence-electron chi connectivity index (χ2n) is 4.27. The Morgan fingerprint density at radius 3 is 2.67 bits per heavy atom. The molecule has 1 aromatic rings. The lowest BCUT2D eigenvalue weighted by molar-refractivity contribution is 0.327. The highest BCUT2D eigenvalue weighted by molar-refractivity contribution is 7.89. The number of hydrogen-bond donors (Lipinski definition) is 2. The van der Waals surface area contributed by atoms with Gasteiger partial charge in [-0.1, -0.05) is 6.07 Å². The van der Waals surface area contributed by atoms with E-state index in [4.69, 9.17) is 11.0 Å². The topological polar surface area (TPSA) is 96.0 Å². The van der Waals surface area contributed by atoms with Gasteiger partial charge in [-0.3, -0.25) is 0 Å². The number of halogens is 1. The molecule has 0 aromatic heterocycles. The first-order chi connectivity index (χ1) is 8.44. The zero-order valence-corrected chi connectivity index (χ0v) is 10.2. The molecule has 96 valence electrons. The third-order valence-electron chi connectivity index (χ3n) is 2.87. The van der Waals surface area contributed by atoms with Crippen LogP contribution < -0.4 is 10.5 Å². The van der Waals surface area contributed by atoms with Crippen molar-refractivity contribution in [3.05, 3.63) is 29.6 Å². The smallest absolute Gasteiger partial charge is 0.242 e. The van der Waals surface area contributed by atoms with E-state index in [2.05, 4.69) is 4.72 Å². The Morgan fingerprint density at radius 2 is 2.11 bits per heavy atom. The standard InChI is InChI=1S/C11H12FN3O2S/c12-10-2-1-3-11(9(10)6-13)18(16,17)15-8-4-7(14)5-8/h1-3,7-8,15H,4-5,14H2. The van der Waals surface area contributed by atoms with Crippen LogP contribution in [0.25, 0.3) is 0 Å². The fourth-order valence-electron chi connectivity index (χ4n) is 1.88. The number of nitriles is 1. The molecule has 0 aliphatic heterocycles. The lowest BCUT2D eigenvalue weighted by atomic mass is 9.89. The molecule has 1 aromatic carbocycles. The minimum atomic E-state index is -3.88. The van der Waals surface area contributed by atoms with Crippen LogP contribution in [-0.4, -0.2) is 20.5 Å². The Bertz CT molecular complexity index is 603. The van der Waals surface area contributed by atoms with Crippen LogP contribution in [0.4, 0.5) is 4.39 Å². The maximum atomic E-state index is 13.3.